The van der Waals surface area contributed by atoms with Crippen molar-refractivity contribution in [3.05, 3.63) is 60.5 Å². The Labute approximate surface area is 196 Å². The Hall–Kier alpha value is -1.52. The van der Waals surface area contributed by atoms with Gasteiger partial charge in [0.1, 0.15) is 6.61 Å². The molecule has 0 radical (unpaired) electrons. The highest BCUT2D eigenvalue weighted by molar-refractivity contribution is 14.1. The topological polar surface area (TPSA) is 55.8 Å². The minimum Gasteiger partial charge on any atom is -0.490 e. The molecule has 5 nitrogen and oxygen atoms in total. The first-order chi connectivity index (χ1) is 13.9. The summed E-state index contributed by atoms with van der Waals surface area (Å²) in [6.45, 7) is 4.96. The van der Waals surface area contributed by atoms with Crippen LogP contribution in [-0.2, 0) is 11.4 Å². The summed E-state index contributed by atoms with van der Waals surface area (Å²) in [4.78, 5) is 25.9. The number of likely N-dealkylation sites (N-methyl/N-ethyl adjacent to an activating group) is 1. The van der Waals surface area contributed by atoms with Gasteiger partial charge in [-0.3, -0.25) is 14.5 Å². The Balaban J connectivity index is 1.86. The molecule has 0 aliphatic carbocycles. The van der Waals surface area contributed by atoms with E-state index in [9.17, 15) is 9.59 Å². The van der Waals surface area contributed by atoms with Crippen LogP contribution in [0.25, 0.3) is 6.08 Å². The largest absolute Gasteiger partial charge is 0.490 e. The van der Waals surface area contributed by atoms with E-state index >= 15 is 0 Å². The van der Waals surface area contributed by atoms with Gasteiger partial charge >= 0.3 is 0 Å². The highest BCUT2D eigenvalue weighted by Crippen LogP contribution is 2.37. The van der Waals surface area contributed by atoms with Crippen LogP contribution in [-0.4, -0.2) is 29.2 Å². The van der Waals surface area contributed by atoms with Crippen LogP contribution in [0.2, 0.25) is 0 Å². The summed E-state index contributed by atoms with van der Waals surface area (Å²) in [6, 6.07) is 11.7. The van der Waals surface area contributed by atoms with Crippen LogP contribution in [0.4, 0.5) is 4.79 Å². The maximum Gasteiger partial charge on any atom is 0.293 e. The zero-order valence-corrected chi connectivity index (χ0v) is 20.5. The molecule has 8 heteroatoms. The molecule has 0 N–H and O–H groups in total. The SMILES string of the molecule is CCOc1cc(/C=C2/SC(=O)N(CC)C2=O)cc(I)c1OCc1ccc(Br)cc1. The lowest BCUT2D eigenvalue weighted by atomic mass is 10.1. The van der Waals surface area contributed by atoms with Gasteiger partial charge in [0.2, 0.25) is 0 Å². The third-order valence-corrected chi connectivity index (χ3v) is 6.35. The number of nitrogens with zero attached hydrogens (tertiary/aromatic N) is 1. The first-order valence-electron chi connectivity index (χ1n) is 9.01. The van der Waals surface area contributed by atoms with Crippen molar-refractivity contribution >= 4 is 67.5 Å². The first kappa shape index (κ1) is 22.2. The molecule has 0 atom stereocenters. The summed E-state index contributed by atoms with van der Waals surface area (Å²) in [5.41, 5.74) is 1.83. The molecule has 29 heavy (non-hydrogen) atoms. The van der Waals surface area contributed by atoms with Gasteiger partial charge in [-0.1, -0.05) is 28.1 Å². The van der Waals surface area contributed by atoms with Gasteiger partial charge in [-0.2, -0.15) is 0 Å². The predicted octanol–water partition coefficient (Wildman–Crippen LogP) is 6.09. The molecule has 2 aromatic rings. The molecule has 3 rings (SSSR count). The summed E-state index contributed by atoms with van der Waals surface area (Å²) in [5.74, 6) is 1.01. The first-order valence-corrected chi connectivity index (χ1v) is 11.7. The zero-order valence-electron chi connectivity index (χ0n) is 15.9. The molecule has 0 unspecified atom stereocenters. The average molecular weight is 588 g/mol. The van der Waals surface area contributed by atoms with Gasteiger partial charge in [0, 0.05) is 11.0 Å². The lowest BCUT2D eigenvalue weighted by Crippen LogP contribution is -2.27. The molecule has 1 aliphatic heterocycles. The number of hydrogen-bond donors (Lipinski definition) is 0. The van der Waals surface area contributed by atoms with Gasteiger partial charge < -0.3 is 9.47 Å². The number of carbonyl (C=O) groups is 2. The number of halogens is 2. The minimum atomic E-state index is -0.258. The number of hydrogen-bond acceptors (Lipinski definition) is 5. The van der Waals surface area contributed by atoms with Gasteiger partial charge in [0.25, 0.3) is 11.1 Å². The number of benzene rings is 2. The molecule has 0 saturated carbocycles. The van der Waals surface area contributed by atoms with E-state index in [4.69, 9.17) is 9.47 Å². The van der Waals surface area contributed by atoms with Crippen molar-refractivity contribution in [3.8, 4) is 11.5 Å². The van der Waals surface area contributed by atoms with Crippen molar-refractivity contribution in [2.45, 2.75) is 20.5 Å². The lowest BCUT2D eigenvalue weighted by Gasteiger charge is -2.15. The predicted molar refractivity (Wildman–Crippen MR) is 127 cm³/mol. The number of carbonyl (C=O) groups excluding carboxylic acids is 2. The summed E-state index contributed by atoms with van der Waals surface area (Å²) in [5, 5.41) is -0.238. The summed E-state index contributed by atoms with van der Waals surface area (Å²) < 4.78 is 13.7. The number of rotatable bonds is 7. The average Bonchev–Trinajstić information content (AvgIpc) is 2.95. The second kappa shape index (κ2) is 9.99. The smallest absolute Gasteiger partial charge is 0.293 e. The van der Waals surface area contributed by atoms with Gasteiger partial charge in [0.05, 0.1) is 15.1 Å². The van der Waals surface area contributed by atoms with Gasteiger partial charge in [-0.15, -0.1) is 0 Å². The molecule has 1 aliphatic rings. The molecule has 0 aromatic heterocycles. The van der Waals surface area contributed by atoms with Crippen LogP contribution in [0.15, 0.2) is 45.8 Å². The van der Waals surface area contributed by atoms with Gasteiger partial charge in [-0.05, 0) is 89.7 Å². The molecular weight excluding hydrogens is 569 g/mol. The van der Waals surface area contributed by atoms with Crippen molar-refractivity contribution in [1.29, 1.82) is 0 Å². The maximum atomic E-state index is 12.4. The van der Waals surface area contributed by atoms with Crippen LogP contribution in [0.1, 0.15) is 25.0 Å². The third-order valence-electron chi connectivity index (χ3n) is 4.12. The Bertz CT molecular complexity index is 962. The fraction of sp³-hybridized carbons (Fsp3) is 0.238. The van der Waals surface area contributed by atoms with Gasteiger partial charge in [-0.25, -0.2) is 0 Å². The van der Waals surface area contributed by atoms with Crippen LogP contribution in [0, 0.1) is 3.57 Å². The maximum absolute atomic E-state index is 12.4. The Morgan fingerprint density at radius 1 is 1.14 bits per heavy atom. The Morgan fingerprint density at radius 2 is 1.86 bits per heavy atom. The highest BCUT2D eigenvalue weighted by Gasteiger charge is 2.33. The van der Waals surface area contributed by atoms with E-state index in [0.29, 0.717) is 36.2 Å². The molecule has 0 spiro atoms. The number of ether oxygens (including phenoxy) is 2. The number of thioether (sulfide) groups is 1. The molecule has 0 bridgehead atoms. The fourth-order valence-electron chi connectivity index (χ4n) is 2.73. The van der Waals surface area contributed by atoms with E-state index in [2.05, 4.69) is 38.5 Å². The fourth-order valence-corrected chi connectivity index (χ4v) is 4.68. The lowest BCUT2D eigenvalue weighted by molar-refractivity contribution is -0.122. The van der Waals surface area contributed by atoms with E-state index in [-0.39, 0.29) is 11.1 Å². The molecule has 2 amide bonds. The second-order valence-electron chi connectivity index (χ2n) is 6.10. The van der Waals surface area contributed by atoms with Crippen molar-refractivity contribution < 1.29 is 19.1 Å². The molecular formula is C21H19BrINO4S. The quantitative estimate of drug-likeness (QED) is 0.290. The Kier molecular flexibility index (Phi) is 7.64. The van der Waals surface area contributed by atoms with Crippen LogP contribution >= 0.6 is 50.3 Å². The normalized spacial score (nSPS) is 15.3. The van der Waals surface area contributed by atoms with Crippen LogP contribution < -0.4 is 9.47 Å². The van der Waals surface area contributed by atoms with E-state index in [1.165, 1.54) is 4.90 Å². The molecule has 152 valence electrons. The summed E-state index contributed by atoms with van der Waals surface area (Å²) in [7, 11) is 0. The minimum absolute atomic E-state index is 0.238. The number of amides is 2. The molecule has 2 aromatic carbocycles. The molecule has 1 heterocycles. The van der Waals surface area contributed by atoms with Crippen molar-refractivity contribution in [3.63, 3.8) is 0 Å². The molecule has 1 fully saturated rings. The van der Waals surface area contributed by atoms with Crippen molar-refractivity contribution in [2.24, 2.45) is 0 Å². The highest BCUT2D eigenvalue weighted by atomic mass is 127. The van der Waals surface area contributed by atoms with E-state index in [1.807, 2.05) is 43.3 Å². The van der Waals surface area contributed by atoms with Crippen molar-refractivity contribution in [1.82, 2.24) is 4.90 Å². The van der Waals surface area contributed by atoms with E-state index in [1.54, 1.807) is 13.0 Å². The van der Waals surface area contributed by atoms with Gasteiger partial charge in [0.15, 0.2) is 11.5 Å². The van der Waals surface area contributed by atoms with Crippen molar-refractivity contribution in [2.75, 3.05) is 13.2 Å². The Morgan fingerprint density at radius 3 is 2.48 bits per heavy atom. The van der Waals surface area contributed by atoms with E-state index in [0.717, 1.165) is 30.9 Å². The summed E-state index contributed by atoms with van der Waals surface area (Å²) in [6.07, 6.45) is 1.73. The zero-order chi connectivity index (χ0) is 21.0. The van der Waals surface area contributed by atoms with Crippen LogP contribution in [0.5, 0.6) is 11.5 Å². The molecule has 1 saturated heterocycles. The third kappa shape index (κ3) is 5.35. The summed E-state index contributed by atoms with van der Waals surface area (Å²) >= 11 is 6.58. The van der Waals surface area contributed by atoms with E-state index < -0.39 is 0 Å². The monoisotopic (exact) mass is 587 g/mol. The number of imide groups is 1. The second-order valence-corrected chi connectivity index (χ2v) is 9.18. The van der Waals surface area contributed by atoms with Crippen LogP contribution in [0.3, 0.4) is 0 Å². The standard InChI is InChI=1S/C21H19BrINO4S/c1-3-24-20(25)18(29-21(24)26)11-14-9-16(23)19(17(10-14)27-4-2)28-12-13-5-7-15(22)8-6-13/h5-11H,3-4,12H2,1-2H3/b18-11+.